The van der Waals surface area contributed by atoms with Gasteiger partial charge in [0.1, 0.15) is 0 Å². The molecule has 1 atom stereocenters. The second kappa shape index (κ2) is 5.86. The van der Waals surface area contributed by atoms with Gasteiger partial charge in [0.05, 0.1) is 5.60 Å². The lowest BCUT2D eigenvalue weighted by atomic mass is 9.85. The number of rotatable bonds is 8. The normalized spacial score (nSPS) is 19.2. The lowest BCUT2D eigenvalue weighted by Crippen LogP contribution is -2.50. The number of nitrogens with one attached hydrogen (secondary N) is 1. The van der Waals surface area contributed by atoms with Crippen molar-refractivity contribution in [2.75, 3.05) is 14.2 Å². The number of ether oxygens (including phenoxy) is 1. The Balaban J connectivity index is 2.50. The van der Waals surface area contributed by atoms with Crippen LogP contribution in [-0.4, -0.2) is 25.8 Å². The van der Waals surface area contributed by atoms with Crippen LogP contribution < -0.4 is 5.32 Å². The molecule has 0 aromatic carbocycles. The molecular formula is C13H27NO. The average molecular weight is 213 g/mol. The number of hydrogen-bond donors (Lipinski definition) is 1. The molecule has 1 saturated carbocycles. The van der Waals surface area contributed by atoms with Crippen molar-refractivity contribution < 1.29 is 4.74 Å². The van der Waals surface area contributed by atoms with Crippen molar-refractivity contribution in [3.8, 4) is 0 Å². The van der Waals surface area contributed by atoms with Crippen molar-refractivity contribution in [1.29, 1.82) is 0 Å². The van der Waals surface area contributed by atoms with E-state index in [0.717, 1.165) is 18.8 Å². The van der Waals surface area contributed by atoms with Crippen LogP contribution in [0, 0.1) is 5.92 Å². The highest BCUT2D eigenvalue weighted by molar-refractivity contribution is 4.91. The largest absolute Gasteiger partial charge is 0.377 e. The molecule has 0 amide bonds. The zero-order chi connectivity index (χ0) is 11.3. The van der Waals surface area contributed by atoms with Gasteiger partial charge in [-0.15, -0.1) is 0 Å². The first-order valence-electron chi connectivity index (χ1n) is 6.44. The Morgan fingerprint density at radius 3 is 2.27 bits per heavy atom. The maximum absolute atomic E-state index is 5.78. The van der Waals surface area contributed by atoms with Crippen LogP contribution in [0.25, 0.3) is 0 Å². The van der Waals surface area contributed by atoms with Gasteiger partial charge in [-0.05, 0) is 38.6 Å². The topological polar surface area (TPSA) is 21.3 Å². The third-order valence-corrected chi connectivity index (χ3v) is 4.15. The van der Waals surface area contributed by atoms with Gasteiger partial charge in [-0.2, -0.15) is 0 Å². The first kappa shape index (κ1) is 13.0. The summed E-state index contributed by atoms with van der Waals surface area (Å²) in [6, 6.07) is 0.512. The van der Waals surface area contributed by atoms with E-state index in [1.54, 1.807) is 0 Å². The zero-order valence-electron chi connectivity index (χ0n) is 10.8. The van der Waals surface area contributed by atoms with Crippen molar-refractivity contribution in [1.82, 2.24) is 5.32 Å². The molecular weight excluding hydrogens is 186 g/mol. The van der Waals surface area contributed by atoms with E-state index in [2.05, 4.69) is 26.2 Å². The summed E-state index contributed by atoms with van der Waals surface area (Å²) in [5.74, 6) is 1.02. The Morgan fingerprint density at radius 2 is 1.93 bits per heavy atom. The zero-order valence-corrected chi connectivity index (χ0v) is 10.8. The molecule has 2 heteroatoms. The third kappa shape index (κ3) is 3.18. The molecule has 1 fully saturated rings. The van der Waals surface area contributed by atoms with Gasteiger partial charge in [0, 0.05) is 13.2 Å². The molecule has 0 aliphatic heterocycles. The van der Waals surface area contributed by atoms with Crippen LogP contribution >= 0.6 is 0 Å². The summed E-state index contributed by atoms with van der Waals surface area (Å²) in [7, 11) is 3.92. The summed E-state index contributed by atoms with van der Waals surface area (Å²) in [6.45, 7) is 4.46. The van der Waals surface area contributed by atoms with E-state index < -0.39 is 0 Å². The van der Waals surface area contributed by atoms with Crippen LogP contribution in [0.5, 0.6) is 0 Å². The van der Waals surface area contributed by atoms with Crippen LogP contribution in [0.15, 0.2) is 0 Å². The Kier molecular flexibility index (Phi) is 5.07. The molecule has 1 unspecified atom stereocenters. The van der Waals surface area contributed by atoms with Gasteiger partial charge in [0.2, 0.25) is 0 Å². The summed E-state index contributed by atoms with van der Waals surface area (Å²) >= 11 is 0. The highest BCUT2D eigenvalue weighted by Gasteiger charge is 2.35. The quantitative estimate of drug-likeness (QED) is 0.669. The second-order valence-electron chi connectivity index (χ2n) is 4.84. The monoisotopic (exact) mass is 213 g/mol. The van der Waals surface area contributed by atoms with Gasteiger partial charge in [-0.25, -0.2) is 0 Å². The molecule has 0 aromatic heterocycles. The highest BCUT2D eigenvalue weighted by Crippen LogP contribution is 2.36. The van der Waals surface area contributed by atoms with Crippen LogP contribution in [0.3, 0.4) is 0 Å². The minimum absolute atomic E-state index is 0.0453. The fourth-order valence-electron chi connectivity index (χ4n) is 2.65. The van der Waals surface area contributed by atoms with Crippen LogP contribution in [0.2, 0.25) is 0 Å². The Hall–Kier alpha value is -0.0800. The SMILES string of the molecule is CCC(CC)(OC)C(CCC1CC1)NC. The van der Waals surface area contributed by atoms with Gasteiger partial charge in [0.15, 0.2) is 0 Å². The molecule has 15 heavy (non-hydrogen) atoms. The number of likely N-dealkylation sites (N-methyl/N-ethyl adjacent to an activating group) is 1. The van der Waals surface area contributed by atoms with Gasteiger partial charge >= 0.3 is 0 Å². The lowest BCUT2D eigenvalue weighted by molar-refractivity contribution is -0.0482. The Labute approximate surface area is 94.8 Å². The molecule has 0 heterocycles. The molecule has 1 N–H and O–H groups in total. The van der Waals surface area contributed by atoms with Crippen molar-refractivity contribution in [2.45, 2.75) is 64.0 Å². The minimum Gasteiger partial charge on any atom is -0.377 e. The average Bonchev–Trinajstić information content (AvgIpc) is 3.09. The van der Waals surface area contributed by atoms with Gasteiger partial charge in [-0.1, -0.05) is 26.7 Å². The molecule has 1 rings (SSSR count). The van der Waals surface area contributed by atoms with Crippen molar-refractivity contribution in [3.63, 3.8) is 0 Å². The second-order valence-corrected chi connectivity index (χ2v) is 4.84. The van der Waals surface area contributed by atoms with E-state index in [4.69, 9.17) is 4.74 Å². The smallest absolute Gasteiger partial charge is 0.0825 e. The van der Waals surface area contributed by atoms with Crippen molar-refractivity contribution in [3.05, 3.63) is 0 Å². The van der Waals surface area contributed by atoms with Gasteiger partial charge < -0.3 is 10.1 Å². The molecule has 0 bridgehead atoms. The summed E-state index contributed by atoms with van der Waals surface area (Å²) in [5.41, 5.74) is 0.0453. The maximum Gasteiger partial charge on any atom is 0.0825 e. The lowest BCUT2D eigenvalue weighted by Gasteiger charge is -2.38. The summed E-state index contributed by atoms with van der Waals surface area (Å²) in [6.07, 6.45) is 7.73. The van der Waals surface area contributed by atoms with E-state index in [0.29, 0.717) is 6.04 Å². The molecule has 0 aromatic rings. The first-order valence-corrected chi connectivity index (χ1v) is 6.44. The van der Waals surface area contributed by atoms with Gasteiger partial charge in [-0.3, -0.25) is 0 Å². The van der Waals surface area contributed by atoms with E-state index in [1.165, 1.54) is 25.7 Å². The number of hydrogen-bond acceptors (Lipinski definition) is 2. The van der Waals surface area contributed by atoms with E-state index >= 15 is 0 Å². The third-order valence-electron chi connectivity index (χ3n) is 4.15. The fraction of sp³-hybridized carbons (Fsp3) is 1.00. The Bertz CT molecular complexity index is 165. The Morgan fingerprint density at radius 1 is 1.33 bits per heavy atom. The van der Waals surface area contributed by atoms with Crippen LogP contribution in [0.4, 0.5) is 0 Å². The van der Waals surface area contributed by atoms with Gasteiger partial charge in [0.25, 0.3) is 0 Å². The summed E-state index contributed by atoms with van der Waals surface area (Å²) in [4.78, 5) is 0. The van der Waals surface area contributed by atoms with E-state index in [9.17, 15) is 0 Å². The molecule has 90 valence electrons. The van der Waals surface area contributed by atoms with Crippen molar-refractivity contribution >= 4 is 0 Å². The molecule has 1 aliphatic rings. The number of methoxy groups -OCH3 is 1. The summed E-state index contributed by atoms with van der Waals surface area (Å²) < 4.78 is 5.78. The minimum atomic E-state index is 0.0453. The first-order chi connectivity index (χ1) is 7.22. The molecule has 0 saturated heterocycles. The highest BCUT2D eigenvalue weighted by atomic mass is 16.5. The van der Waals surface area contributed by atoms with E-state index in [1.807, 2.05) is 7.11 Å². The molecule has 1 aliphatic carbocycles. The summed E-state index contributed by atoms with van der Waals surface area (Å²) in [5, 5.41) is 3.45. The molecule has 2 nitrogen and oxygen atoms in total. The predicted molar refractivity (Wildman–Crippen MR) is 65.1 cm³/mol. The fourth-order valence-corrected chi connectivity index (χ4v) is 2.65. The predicted octanol–water partition coefficient (Wildman–Crippen LogP) is 2.97. The van der Waals surface area contributed by atoms with Crippen molar-refractivity contribution in [2.24, 2.45) is 5.92 Å². The van der Waals surface area contributed by atoms with Crippen LogP contribution in [0.1, 0.15) is 52.4 Å². The standard InChI is InChI=1S/C13H27NO/c1-5-13(6-2,15-4)12(14-3)10-9-11-7-8-11/h11-12,14H,5-10H2,1-4H3. The molecule has 0 spiro atoms. The maximum atomic E-state index is 5.78. The molecule has 0 radical (unpaired) electrons. The van der Waals surface area contributed by atoms with E-state index in [-0.39, 0.29) is 5.60 Å². The van der Waals surface area contributed by atoms with Crippen LogP contribution in [-0.2, 0) is 4.74 Å².